The molecule has 1 heterocycles. The van der Waals surface area contributed by atoms with E-state index >= 15 is 0 Å². The third-order valence-corrected chi connectivity index (χ3v) is 6.13. The largest absolute Gasteiger partial charge is 0.342 e. The maximum absolute atomic E-state index is 12.6. The van der Waals surface area contributed by atoms with Gasteiger partial charge in [0.2, 0.25) is 5.91 Å². The van der Waals surface area contributed by atoms with Gasteiger partial charge in [0, 0.05) is 24.3 Å². The molecule has 1 unspecified atom stereocenters. The third-order valence-electron chi connectivity index (χ3n) is 5.21. The molecule has 1 saturated heterocycles. The van der Waals surface area contributed by atoms with E-state index in [1.807, 2.05) is 0 Å². The van der Waals surface area contributed by atoms with E-state index < -0.39 is 0 Å². The Bertz CT molecular complexity index is 299. The molecule has 3 heteroatoms. The average Bonchev–Trinajstić information content (AvgIpc) is 2.52. The van der Waals surface area contributed by atoms with E-state index in [1.54, 1.807) is 0 Å². The third kappa shape index (κ3) is 4.47. The van der Waals surface area contributed by atoms with Gasteiger partial charge >= 0.3 is 0 Å². The number of piperidine rings is 1. The molecule has 2 aliphatic rings. The summed E-state index contributed by atoms with van der Waals surface area (Å²) in [6.45, 7) is 4.25. The standard InChI is InChI=1S/C17H30BrNO/c1-2-3-5-14-7-9-16(10-8-14)17(20)19-11-4-6-15(12-18)13-19/h14-16H,2-13H2,1H3. The van der Waals surface area contributed by atoms with Crippen molar-refractivity contribution >= 4 is 21.8 Å². The Morgan fingerprint density at radius 1 is 1.15 bits per heavy atom. The first-order chi connectivity index (χ1) is 9.74. The van der Waals surface area contributed by atoms with Gasteiger partial charge in [-0.15, -0.1) is 0 Å². The van der Waals surface area contributed by atoms with E-state index in [0.29, 0.717) is 17.7 Å². The van der Waals surface area contributed by atoms with Crippen LogP contribution in [0.5, 0.6) is 0 Å². The van der Waals surface area contributed by atoms with Crippen LogP contribution in [0, 0.1) is 17.8 Å². The Labute approximate surface area is 132 Å². The van der Waals surface area contributed by atoms with Gasteiger partial charge in [0.05, 0.1) is 0 Å². The molecule has 0 aromatic rings. The van der Waals surface area contributed by atoms with Gasteiger partial charge in [-0.05, 0) is 50.4 Å². The second-order valence-electron chi connectivity index (χ2n) is 6.81. The Hall–Kier alpha value is -0.0500. The summed E-state index contributed by atoms with van der Waals surface area (Å²) >= 11 is 3.58. The van der Waals surface area contributed by atoms with Crippen LogP contribution in [0.3, 0.4) is 0 Å². The van der Waals surface area contributed by atoms with Crippen LogP contribution in [0.15, 0.2) is 0 Å². The normalized spacial score (nSPS) is 31.3. The zero-order valence-corrected chi connectivity index (χ0v) is 14.5. The highest BCUT2D eigenvalue weighted by Gasteiger charge is 2.31. The summed E-state index contributed by atoms with van der Waals surface area (Å²) < 4.78 is 0. The lowest BCUT2D eigenvalue weighted by Gasteiger charge is -2.36. The van der Waals surface area contributed by atoms with Crippen LogP contribution in [0.4, 0.5) is 0 Å². The molecule has 2 rings (SSSR count). The first-order valence-corrected chi connectivity index (χ1v) is 9.71. The van der Waals surface area contributed by atoms with E-state index in [4.69, 9.17) is 0 Å². The van der Waals surface area contributed by atoms with E-state index in [9.17, 15) is 4.79 Å². The van der Waals surface area contributed by atoms with Crippen LogP contribution in [-0.4, -0.2) is 29.2 Å². The zero-order valence-electron chi connectivity index (χ0n) is 13.0. The molecule has 0 aromatic carbocycles. The van der Waals surface area contributed by atoms with Gasteiger partial charge in [-0.25, -0.2) is 0 Å². The number of hydrogen-bond acceptors (Lipinski definition) is 1. The summed E-state index contributed by atoms with van der Waals surface area (Å²) in [5.41, 5.74) is 0. The topological polar surface area (TPSA) is 20.3 Å². The van der Waals surface area contributed by atoms with Crippen molar-refractivity contribution in [2.45, 2.75) is 64.7 Å². The van der Waals surface area contributed by atoms with Gasteiger partial charge in [0.1, 0.15) is 0 Å². The number of hydrogen-bond donors (Lipinski definition) is 0. The van der Waals surface area contributed by atoms with Crippen LogP contribution in [0.25, 0.3) is 0 Å². The van der Waals surface area contributed by atoms with Crippen molar-refractivity contribution in [3.8, 4) is 0 Å². The second-order valence-corrected chi connectivity index (χ2v) is 7.45. The van der Waals surface area contributed by atoms with Crippen LogP contribution in [0.2, 0.25) is 0 Å². The Morgan fingerprint density at radius 2 is 1.90 bits per heavy atom. The summed E-state index contributed by atoms with van der Waals surface area (Å²) in [5, 5.41) is 1.04. The molecule has 0 spiro atoms. The van der Waals surface area contributed by atoms with Crippen LogP contribution >= 0.6 is 15.9 Å². The molecule has 1 atom stereocenters. The predicted octanol–water partition coefficient (Wildman–Crippen LogP) is 4.62. The number of carbonyl (C=O) groups is 1. The molecule has 1 amide bonds. The average molecular weight is 344 g/mol. The minimum atomic E-state index is 0.335. The van der Waals surface area contributed by atoms with Gasteiger partial charge in [0.25, 0.3) is 0 Å². The lowest BCUT2D eigenvalue weighted by molar-refractivity contribution is -0.138. The first-order valence-electron chi connectivity index (χ1n) is 8.59. The fraction of sp³-hybridized carbons (Fsp3) is 0.941. The van der Waals surface area contributed by atoms with Crippen molar-refractivity contribution < 1.29 is 4.79 Å². The minimum Gasteiger partial charge on any atom is -0.342 e. The first kappa shape index (κ1) is 16.3. The van der Waals surface area contributed by atoms with E-state index in [1.165, 1.54) is 44.9 Å². The summed E-state index contributed by atoms with van der Waals surface area (Å²) in [7, 11) is 0. The molecule has 0 radical (unpaired) electrons. The molecule has 0 N–H and O–H groups in total. The highest BCUT2D eigenvalue weighted by atomic mass is 79.9. The summed E-state index contributed by atoms with van der Waals surface area (Å²) in [4.78, 5) is 14.8. The van der Waals surface area contributed by atoms with E-state index in [-0.39, 0.29) is 0 Å². The number of carbonyl (C=O) groups excluding carboxylic acids is 1. The lowest BCUT2D eigenvalue weighted by Crippen LogP contribution is -2.44. The second kappa shape index (κ2) is 8.41. The molecular formula is C17H30BrNO. The van der Waals surface area contributed by atoms with Crippen molar-refractivity contribution in [1.29, 1.82) is 0 Å². The van der Waals surface area contributed by atoms with Gasteiger partial charge in [-0.2, -0.15) is 0 Å². The predicted molar refractivity (Wildman–Crippen MR) is 88.1 cm³/mol. The molecule has 1 saturated carbocycles. The summed E-state index contributed by atoms with van der Waals surface area (Å²) in [6, 6.07) is 0. The molecule has 2 fully saturated rings. The van der Waals surface area contributed by atoms with Crippen LogP contribution in [-0.2, 0) is 4.79 Å². The number of alkyl halides is 1. The van der Waals surface area contributed by atoms with Crippen LogP contribution in [0.1, 0.15) is 64.7 Å². The van der Waals surface area contributed by atoms with E-state index in [0.717, 1.165) is 37.2 Å². The molecule has 0 bridgehead atoms. The molecule has 1 aliphatic heterocycles. The van der Waals surface area contributed by atoms with Crippen molar-refractivity contribution in [3.05, 3.63) is 0 Å². The fourth-order valence-corrected chi connectivity index (χ4v) is 4.37. The van der Waals surface area contributed by atoms with Crippen molar-refractivity contribution in [3.63, 3.8) is 0 Å². The Morgan fingerprint density at radius 3 is 2.55 bits per heavy atom. The number of amides is 1. The highest BCUT2D eigenvalue weighted by Crippen LogP contribution is 2.33. The van der Waals surface area contributed by atoms with Crippen molar-refractivity contribution in [2.24, 2.45) is 17.8 Å². The summed E-state index contributed by atoms with van der Waals surface area (Å²) in [6.07, 6.45) is 11.4. The number of rotatable bonds is 5. The number of nitrogens with zero attached hydrogens (tertiary/aromatic N) is 1. The highest BCUT2D eigenvalue weighted by molar-refractivity contribution is 9.09. The van der Waals surface area contributed by atoms with Gasteiger partial charge < -0.3 is 4.90 Å². The maximum Gasteiger partial charge on any atom is 0.225 e. The van der Waals surface area contributed by atoms with Crippen LogP contribution < -0.4 is 0 Å². The zero-order chi connectivity index (χ0) is 14.4. The minimum absolute atomic E-state index is 0.335. The molecule has 0 aromatic heterocycles. The number of unbranched alkanes of at least 4 members (excludes halogenated alkanes) is 1. The molecule has 20 heavy (non-hydrogen) atoms. The number of likely N-dealkylation sites (tertiary alicyclic amines) is 1. The van der Waals surface area contributed by atoms with Gasteiger partial charge in [0.15, 0.2) is 0 Å². The molecule has 2 nitrogen and oxygen atoms in total. The molecule has 1 aliphatic carbocycles. The Balaban J connectivity index is 1.76. The Kier molecular flexibility index (Phi) is 6.86. The van der Waals surface area contributed by atoms with Gasteiger partial charge in [-0.1, -0.05) is 42.1 Å². The van der Waals surface area contributed by atoms with Crippen molar-refractivity contribution in [2.75, 3.05) is 18.4 Å². The molecule has 116 valence electrons. The smallest absolute Gasteiger partial charge is 0.225 e. The van der Waals surface area contributed by atoms with Crippen molar-refractivity contribution in [1.82, 2.24) is 4.90 Å². The SMILES string of the molecule is CCCCC1CCC(C(=O)N2CCCC(CBr)C2)CC1. The fourth-order valence-electron chi connectivity index (χ4n) is 3.84. The summed E-state index contributed by atoms with van der Waals surface area (Å²) in [5.74, 6) is 2.37. The molecular weight excluding hydrogens is 314 g/mol. The quantitative estimate of drug-likeness (QED) is 0.667. The maximum atomic E-state index is 12.6. The lowest BCUT2D eigenvalue weighted by atomic mass is 9.79. The number of halogens is 1. The van der Waals surface area contributed by atoms with E-state index in [2.05, 4.69) is 27.8 Å². The monoisotopic (exact) mass is 343 g/mol. The van der Waals surface area contributed by atoms with Gasteiger partial charge in [-0.3, -0.25) is 4.79 Å².